The minimum Gasteiger partial charge on any atom is -0.497 e. The number of hydrogen-bond acceptors (Lipinski definition) is 4. The van der Waals surface area contributed by atoms with E-state index in [0.717, 1.165) is 39.1 Å². The number of anilines is 1. The molecule has 28 heavy (non-hydrogen) atoms. The predicted molar refractivity (Wildman–Crippen MR) is 118 cm³/mol. The minimum atomic E-state index is 0.599. The number of fused-ring (bicyclic) bond motifs is 1. The Morgan fingerprint density at radius 3 is 2.29 bits per heavy atom. The summed E-state index contributed by atoms with van der Waals surface area (Å²) in [4.78, 5) is 5.64. The maximum absolute atomic E-state index is 5.98. The number of thiocarbonyl (C=S) groups is 1. The Morgan fingerprint density at radius 2 is 1.57 bits per heavy atom. The summed E-state index contributed by atoms with van der Waals surface area (Å²) in [6.07, 6.45) is 0.599. The summed E-state index contributed by atoms with van der Waals surface area (Å²) in [5.74, 6) is 2.24. The van der Waals surface area contributed by atoms with Gasteiger partial charge in [0.1, 0.15) is 17.2 Å². The van der Waals surface area contributed by atoms with Gasteiger partial charge in [-0.15, -0.1) is 0 Å². The second-order valence-corrected chi connectivity index (χ2v) is 7.10. The molecule has 3 aromatic rings. The summed E-state index contributed by atoms with van der Waals surface area (Å²) in [6.45, 7) is 2.07. The summed E-state index contributed by atoms with van der Waals surface area (Å²) in [5, 5.41) is 3.28. The van der Waals surface area contributed by atoms with E-state index >= 15 is 0 Å². The molecule has 140 valence electrons. The quantitative estimate of drug-likeness (QED) is 0.552. The highest BCUT2D eigenvalue weighted by Gasteiger charge is 2.16. The van der Waals surface area contributed by atoms with Crippen molar-refractivity contribution in [2.45, 2.75) is 13.3 Å². The van der Waals surface area contributed by atoms with E-state index in [2.05, 4.69) is 36.5 Å². The van der Waals surface area contributed by atoms with Crippen LogP contribution in [0.4, 0.5) is 11.4 Å². The molecule has 3 aromatic carbocycles. The molecule has 5 heteroatoms. The van der Waals surface area contributed by atoms with Gasteiger partial charge in [0.2, 0.25) is 0 Å². The molecule has 0 aromatic heterocycles. The SMILES string of the molecule is COc1ccc(Oc2ccc3c(c2)N=C(c2ccc(C)cc2)CC(=S)N3)cc1. The summed E-state index contributed by atoms with van der Waals surface area (Å²) in [6, 6.07) is 21.6. The van der Waals surface area contributed by atoms with Crippen molar-refractivity contribution in [3.05, 3.63) is 77.9 Å². The first kappa shape index (κ1) is 18.2. The molecule has 0 saturated heterocycles. The highest BCUT2D eigenvalue weighted by atomic mass is 32.1. The van der Waals surface area contributed by atoms with E-state index in [9.17, 15) is 0 Å². The van der Waals surface area contributed by atoms with Crippen molar-refractivity contribution >= 4 is 34.3 Å². The Hall–Kier alpha value is -3.18. The number of ether oxygens (including phenoxy) is 2. The Bertz CT molecular complexity index is 1040. The monoisotopic (exact) mass is 388 g/mol. The van der Waals surface area contributed by atoms with E-state index < -0.39 is 0 Å². The highest BCUT2D eigenvalue weighted by Crippen LogP contribution is 2.35. The second-order valence-electron chi connectivity index (χ2n) is 6.61. The lowest BCUT2D eigenvalue weighted by Crippen LogP contribution is -2.12. The maximum Gasteiger partial charge on any atom is 0.129 e. The van der Waals surface area contributed by atoms with Gasteiger partial charge in [-0.2, -0.15) is 0 Å². The van der Waals surface area contributed by atoms with Crippen LogP contribution in [0.15, 0.2) is 71.7 Å². The molecule has 0 unspecified atom stereocenters. The van der Waals surface area contributed by atoms with Crippen LogP contribution in [0.3, 0.4) is 0 Å². The third kappa shape index (κ3) is 4.05. The van der Waals surface area contributed by atoms with Crippen molar-refractivity contribution in [1.82, 2.24) is 0 Å². The molecule has 0 spiro atoms. The zero-order valence-corrected chi connectivity index (χ0v) is 16.5. The van der Waals surface area contributed by atoms with E-state index in [0.29, 0.717) is 12.2 Å². The standard InChI is InChI=1S/C23H20N2O2S/c1-15-3-5-16(6-4-15)21-14-23(28)25-20-12-11-19(13-22(20)24-21)27-18-9-7-17(26-2)8-10-18/h3-13H,14H2,1-2H3,(H,25,28). The summed E-state index contributed by atoms with van der Waals surface area (Å²) >= 11 is 5.50. The lowest BCUT2D eigenvalue weighted by Gasteiger charge is -2.10. The molecule has 0 atom stereocenters. The fraction of sp³-hybridized carbons (Fsp3) is 0.130. The van der Waals surface area contributed by atoms with Crippen LogP contribution < -0.4 is 14.8 Å². The summed E-state index contributed by atoms with van der Waals surface area (Å²) in [7, 11) is 1.64. The number of nitrogens with zero attached hydrogens (tertiary/aromatic N) is 1. The van der Waals surface area contributed by atoms with E-state index in [-0.39, 0.29) is 0 Å². The smallest absolute Gasteiger partial charge is 0.129 e. The molecule has 1 heterocycles. The topological polar surface area (TPSA) is 42.9 Å². The predicted octanol–water partition coefficient (Wildman–Crippen LogP) is 6.06. The normalized spacial score (nSPS) is 13.1. The van der Waals surface area contributed by atoms with Crippen LogP contribution in [-0.4, -0.2) is 17.8 Å². The Labute approximate surface area is 169 Å². The summed E-state index contributed by atoms with van der Waals surface area (Å²) < 4.78 is 11.2. The van der Waals surface area contributed by atoms with Crippen LogP contribution in [-0.2, 0) is 0 Å². The molecular weight excluding hydrogens is 368 g/mol. The number of rotatable bonds is 4. The molecule has 4 nitrogen and oxygen atoms in total. The van der Waals surface area contributed by atoms with Crippen molar-refractivity contribution in [3.63, 3.8) is 0 Å². The van der Waals surface area contributed by atoms with Gasteiger partial charge in [-0.3, -0.25) is 4.99 Å². The van der Waals surface area contributed by atoms with Crippen LogP contribution >= 0.6 is 12.2 Å². The van der Waals surface area contributed by atoms with Crippen molar-refractivity contribution in [2.24, 2.45) is 4.99 Å². The van der Waals surface area contributed by atoms with Crippen LogP contribution in [0.25, 0.3) is 0 Å². The molecule has 0 amide bonds. The molecule has 0 aliphatic carbocycles. The lowest BCUT2D eigenvalue weighted by molar-refractivity contribution is 0.413. The molecule has 1 aliphatic rings. The maximum atomic E-state index is 5.98. The van der Waals surface area contributed by atoms with Gasteiger partial charge in [-0.25, -0.2) is 0 Å². The third-order valence-corrected chi connectivity index (χ3v) is 4.75. The molecule has 0 saturated carbocycles. The molecule has 0 bridgehead atoms. The minimum absolute atomic E-state index is 0.599. The number of hydrogen-bond donors (Lipinski definition) is 1. The number of aryl methyl sites for hydroxylation is 1. The third-order valence-electron chi connectivity index (χ3n) is 4.51. The molecule has 1 aliphatic heterocycles. The molecule has 0 radical (unpaired) electrons. The fourth-order valence-corrected chi connectivity index (χ4v) is 3.24. The van der Waals surface area contributed by atoms with E-state index in [4.69, 9.17) is 26.7 Å². The average Bonchev–Trinajstić information content (AvgIpc) is 2.87. The van der Waals surface area contributed by atoms with Gasteiger partial charge in [-0.05, 0) is 48.9 Å². The number of aliphatic imine (C=N–C) groups is 1. The van der Waals surface area contributed by atoms with Gasteiger partial charge in [0.15, 0.2) is 0 Å². The molecule has 0 fully saturated rings. The van der Waals surface area contributed by atoms with E-state index in [1.54, 1.807) is 7.11 Å². The Kier molecular flexibility index (Phi) is 5.08. The second kappa shape index (κ2) is 7.82. The Balaban J connectivity index is 1.66. The number of methoxy groups -OCH3 is 1. The van der Waals surface area contributed by atoms with Gasteiger partial charge >= 0.3 is 0 Å². The average molecular weight is 388 g/mol. The largest absolute Gasteiger partial charge is 0.497 e. The van der Waals surface area contributed by atoms with Gasteiger partial charge in [0.25, 0.3) is 0 Å². The summed E-state index contributed by atoms with van der Waals surface area (Å²) in [5.41, 5.74) is 4.92. The van der Waals surface area contributed by atoms with Gasteiger partial charge < -0.3 is 14.8 Å². The van der Waals surface area contributed by atoms with Crippen molar-refractivity contribution in [3.8, 4) is 17.2 Å². The zero-order chi connectivity index (χ0) is 19.5. The fourth-order valence-electron chi connectivity index (χ4n) is 3.00. The van der Waals surface area contributed by atoms with Crippen LogP contribution in [0.2, 0.25) is 0 Å². The highest BCUT2D eigenvalue weighted by molar-refractivity contribution is 7.80. The van der Waals surface area contributed by atoms with E-state index in [1.165, 1.54) is 5.56 Å². The first-order chi connectivity index (χ1) is 13.6. The van der Waals surface area contributed by atoms with Gasteiger partial charge in [0.05, 0.1) is 29.2 Å². The van der Waals surface area contributed by atoms with Crippen molar-refractivity contribution < 1.29 is 9.47 Å². The number of nitrogens with one attached hydrogen (secondary N) is 1. The first-order valence-electron chi connectivity index (χ1n) is 9.01. The van der Waals surface area contributed by atoms with Crippen LogP contribution in [0, 0.1) is 6.92 Å². The van der Waals surface area contributed by atoms with Gasteiger partial charge in [0, 0.05) is 12.5 Å². The van der Waals surface area contributed by atoms with Gasteiger partial charge in [-0.1, -0.05) is 42.0 Å². The zero-order valence-electron chi connectivity index (χ0n) is 15.7. The number of benzene rings is 3. The molecular formula is C23H20N2O2S. The van der Waals surface area contributed by atoms with Crippen LogP contribution in [0.1, 0.15) is 17.5 Å². The lowest BCUT2D eigenvalue weighted by atomic mass is 10.1. The van der Waals surface area contributed by atoms with E-state index in [1.807, 2.05) is 42.5 Å². The van der Waals surface area contributed by atoms with Crippen LogP contribution in [0.5, 0.6) is 17.2 Å². The molecule has 4 rings (SSSR count). The van der Waals surface area contributed by atoms with Crippen molar-refractivity contribution in [2.75, 3.05) is 12.4 Å². The first-order valence-corrected chi connectivity index (χ1v) is 9.42. The molecule has 1 N–H and O–H groups in total. The van der Waals surface area contributed by atoms with Crippen molar-refractivity contribution in [1.29, 1.82) is 0 Å². The Morgan fingerprint density at radius 1 is 0.893 bits per heavy atom.